The van der Waals surface area contributed by atoms with Crippen LogP contribution in [0, 0.1) is 0 Å². The van der Waals surface area contributed by atoms with E-state index in [1.165, 1.54) is 0 Å². The van der Waals surface area contributed by atoms with Crippen molar-refractivity contribution >= 4 is 21.6 Å². The first kappa shape index (κ1) is 11.2. The monoisotopic (exact) mass is 279 g/mol. The number of hydrogen-bond acceptors (Lipinski definition) is 2. The Morgan fingerprint density at radius 1 is 1.31 bits per heavy atom. The van der Waals surface area contributed by atoms with Crippen molar-refractivity contribution in [3.8, 4) is 5.69 Å². The molecule has 0 fully saturated rings. The van der Waals surface area contributed by atoms with Crippen molar-refractivity contribution < 1.29 is 0 Å². The summed E-state index contributed by atoms with van der Waals surface area (Å²) in [4.78, 5) is 0. The van der Waals surface area contributed by atoms with Gasteiger partial charge in [-0.05, 0) is 34.0 Å². The summed E-state index contributed by atoms with van der Waals surface area (Å²) in [7, 11) is 0. The molecule has 0 spiro atoms. The van der Waals surface area contributed by atoms with Crippen LogP contribution in [-0.4, -0.2) is 9.78 Å². The Labute approximate surface area is 103 Å². The largest absolute Gasteiger partial charge is 0.396 e. The number of halogens is 1. The molecule has 0 aliphatic heterocycles. The van der Waals surface area contributed by atoms with Crippen LogP contribution in [0.25, 0.3) is 5.69 Å². The number of nitrogens with two attached hydrogens (primary N) is 1. The summed E-state index contributed by atoms with van der Waals surface area (Å²) in [5.74, 6) is 0.337. The highest BCUT2D eigenvalue weighted by Crippen LogP contribution is 2.25. The summed E-state index contributed by atoms with van der Waals surface area (Å²) < 4.78 is 2.82. The Morgan fingerprint density at radius 2 is 2.00 bits per heavy atom. The zero-order valence-corrected chi connectivity index (χ0v) is 10.9. The molecule has 16 heavy (non-hydrogen) atoms. The van der Waals surface area contributed by atoms with Crippen LogP contribution in [0.5, 0.6) is 0 Å². The van der Waals surface area contributed by atoms with Gasteiger partial charge in [-0.25, -0.2) is 4.68 Å². The molecular weight excluding hydrogens is 266 g/mol. The molecule has 1 aromatic heterocycles. The van der Waals surface area contributed by atoms with Crippen molar-refractivity contribution in [2.75, 3.05) is 5.73 Å². The maximum Gasteiger partial charge on any atom is 0.0883 e. The summed E-state index contributed by atoms with van der Waals surface area (Å²) in [5.41, 5.74) is 8.61. The van der Waals surface area contributed by atoms with Crippen molar-refractivity contribution in [1.29, 1.82) is 0 Å². The van der Waals surface area contributed by atoms with Crippen LogP contribution >= 0.6 is 15.9 Å². The molecule has 3 nitrogen and oxygen atoms in total. The lowest BCUT2D eigenvalue weighted by Gasteiger charge is -2.04. The van der Waals surface area contributed by atoms with Gasteiger partial charge in [0, 0.05) is 4.47 Å². The molecule has 4 heteroatoms. The van der Waals surface area contributed by atoms with E-state index < -0.39 is 0 Å². The van der Waals surface area contributed by atoms with Crippen molar-refractivity contribution in [2.45, 2.75) is 19.8 Å². The lowest BCUT2D eigenvalue weighted by atomic mass is 10.1. The van der Waals surface area contributed by atoms with Crippen molar-refractivity contribution in [2.24, 2.45) is 0 Å². The van der Waals surface area contributed by atoms with Gasteiger partial charge in [0.15, 0.2) is 0 Å². The van der Waals surface area contributed by atoms with Gasteiger partial charge in [-0.2, -0.15) is 5.10 Å². The van der Waals surface area contributed by atoms with E-state index in [0.717, 1.165) is 21.5 Å². The van der Waals surface area contributed by atoms with E-state index in [1.54, 1.807) is 0 Å². The van der Waals surface area contributed by atoms with Gasteiger partial charge in [0.1, 0.15) is 0 Å². The molecule has 1 heterocycles. The molecule has 0 unspecified atom stereocenters. The standard InChI is InChI=1S/C12H14BrN3/c1-8(2)12-10(14)7-16(15-12)11-6-4-3-5-9(11)13/h3-8H,14H2,1-2H3. The van der Waals surface area contributed by atoms with Crippen LogP contribution in [0.1, 0.15) is 25.5 Å². The number of aromatic nitrogens is 2. The van der Waals surface area contributed by atoms with Gasteiger partial charge in [-0.15, -0.1) is 0 Å². The fraction of sp³-hybridized carbons (Fsp3) is 0.250. The minimum Gasteiger partial charge on any atom is -0.396 e. The zero-order valence-electron chi connectivity index (χ0n) is 9.31. The second-order valence-corrected chi connectivity index (χ2v) is 4.87. The predicted octanol–water partition coefficient (Wildman–Crippen LogP) is 3.34. The Morgan fingerprint density at radius 3 is 2.56 bits per heavy atom. The first-order valence-corrected chi connectivity index (χ1v) is 5.99. The highest BCUT2D eigenvalue weighted by atomic mass is 79.9. The summed E-state index contributed by atoms with van der Waals surface area (Å²) >= 11 is 3.50. The first-order valence-electron chi connectivity index (χ1n) is 5.19. The highest BCUT2D eigenvalue weighted by molar-refractivity contribution is 9.10. The van der Waals surface area contributed by atoms with E-state index in [-0.39, 0.29) is 0 Å². The Balaban J connectivity index is 2.50. The molecule has 2 N–H and O–H groups in total. The SMILES string of the molecule is CC(C)c1nn(-c2ccccc2Br)cc1N. The third kappa shape index (κ3) is 1.97. The number of nitrogens with zero attached hydrogens (tertiary/aromatic N) is 2. The van der Waals surface area contributed by atoms with Gasteiger partial charge in [-0.1, -0.05) is 26.0 Å². The fourth-order valence-electron chi connectivity index (χ4n) is 1.61. The van der Waals surface area contributed by atoms with Crippen LogP contribution in [0.3, 0.4) is 0 Å². The topological polar surface area (TPSA) is 43.8 Å². The second-order valence-electron chi connectivity index (χ2n) is 4.02. The molecule has 84 valence electrons. The van der Waals surface area contributed by atoms with Crippen LogP contribution < -0.4 is 5.73 Å². The maximum atomic E-state index is 5.93. The predicted molar refractivity (Wildman–Crippen MR) is 69.8 cm³/mol. The number of nitrogen functional groups attached to an aromatic ring is 1. The van der Waals surface area contributed by atoms with Crippen LogP contribution in [0.4, 0.5) is 5.69 Å². The number of anilines is 1. The lowest BCUT2D eigenvalue weighted by molar-refractivity contribution is 0.768. The maximum absolute atomic E-state index is 5.93. The highest BCUT2D eigenvalue weighted by Gasteiger charge is 2.11. The molecule has 0 amide bonds. The summed E-state index contributed by atoms with van der Waals surface area (Å²) in [5, 5.41) is 4.50. The van der Waals surface area contributed by atoms with Gasteiger partial charge in [-0.3, -0.25) is 0 Å². The molecule has 0 atom stereocenters. The van der Waals surface area contributed by atoms with Crippen LogP contribution in [-0.2, 0) is 0 Å². The number of para-hydroxylation sites is 1. The normalized spacial score (nSPS) is 11.0. The molecule has 0 aliphatic rings. The summed E-state index contributed by atoms with van der Waals surface area (Å²) in [6, 6.07) is 7.94. The Hall–Kier alpha value is -1.29. The number of hydrogen-bond donors (Lipinski definition) is 1. The van der Waals surface area contributed by atoms with E-state index in [9.17, 15) is 0 Å². The smallest absolute Gasteiger partial charge is 0.0883 e. The molecule has 0 aliphatic carbocycles. The summed E-state index contributed by atoms with van der Waals surface area (Å²) in [6.07, 6.45) is 1.86. The van der Waals surface area contributed by atoms with Gasteiger partial charge in [0.25, 0.3) is 0 Å². The van der Waals surface area contributed by atoms with Crippen LogP contribution in [0.15, 0.2) is 34.9 Å². The molecule has 0 bridgehead atoms. The fourth-order valence-corrected chi connectivity index (χ4v) is 2.08. The second kappa shape index (κ2) is 4.29. The van der Waals surface area contributed by atoms with Gasteiger partial charge in [0.05, 0.1) is 23.3 Å². The Kier molecular flexibility index (Phi) is 3.01. The number of benzene rings is 1. The molecule has 0 saturated heterocycles. The minimum atomic E-state index is 0.337. The average Bonchev–Trinajstić information content (AvgIpc) is 2.61. The van der Waals surface area contributed by atoms with Gasteiger partial charge >= 0.3 is 0 Å². The van der Waals surface area contributed by atoms with Crippen molar-refractivity contribution in [3.63, 3.8) is 0 Å². The molecule has 1 aromatic carbocycles. The average molecular weight is 280 g/mol. The third-order valence-corrected chi connectivity index (χ3v) is 3.09. The van der Waals surface area contributed by atoms with E-state index in [1.807, 2.05) is 35.1 Å². The molecule has 2 aromatic rings. The quantitative estimate of drug-likeness (QED) is 0.916. The van der Waals surface area contributed by atoms with Crippen molar-refractivity contribution in [1.82, 2.24) is 9.78 Å². The third-order valence-electron chi connectivity index (χ3n) is 2.42. The van der Waals surface area contributed by atoms with E-state index in [0.29, 0.717) is 5.92 Å². The zero-order chi connectivity index (χ0) is 11.7. The van der Waals surface area contributed by atoms with Gasteiger partial charge in [0.2, 0.25) is 0 Å². The first-order chi connectivity index (χ1) is 7.59. The van der Waals surface area contributed by atoms with Crippen LogP contribution in [0.2, 0.25) is 0 Å². The number of rotatable bonds is 2. The molecule has 0 saturated carbocycles. The molecule has 0 radical (unpaired) electrons. The minimum absolute atomic E-state index is 0.337. The molecular formula is C12H14BrN3. The van der Waals surface area contributed by atoms with Crippen molar-refractivity contribution in [3.05, 3.63) is 40.6 Å². The van der Waals surface area contributed by atoms with E-state index >= 15 is 0 Å². The lowest BCUT2D eigenvalue weighted by Crippen LogP contribution is -1.98. The summed E-state index contributed by atoms with van der Waals surface area (Å²) in [6.45, 7) is 4.17. The molecule has 2 rings (SSSR count). The Bertz CT molecular complexity index is 503. The van der Waals surface area contributed by atoms with Gasteiger partial charge < -0.3 is 5.73 Å². The van der Waals surface area contributed by atoms with E-state index in [2.05, 4.69) is 34.9 Å². The van der Waals surface area contributed by atoms with E-state index in [4.69, 9.17) is 5.73 Å².